The molecule has 0 bridgehead atoms. The van der Waals surface area contributed by atoms with Crippen LogP contribution in [0.1, 0.15) is 33.6 Å². The average Bonchev–Trinajstić information content (AvgIpc) is 2.06. The van der Waals surface area contributed by atoms with Crippen molar-refractivity contribution in [3.05, 3.63) is 0 Å². The van der Waals surface area contributed by atoms with Gasteiger partial charge in [0.15, 0.2) is 0 Å². The third-order valence-corrected chi connectivity index (χ3v) is 2.59. The lowest BCUT2D eigenvalue weighted by atomic mass is 9.69. The number of alkyl halides is 2. The topological polar surface area (TPSA) is 38.3 Å². The van der Waals surface area contributed by atoms with Gasteiger partial charge in [-0.1, -0.05) is 5.92 Å². The van der Waals surface area contributed by atoms with Crippen LogP contribution in [-0.4, -0.2) is 23.7 Å². The molecule has 0 aromatic rings. The molecule has 0 heterocycles. The van der Waals surface area contributed by atoms with Crippen LogP contribution in [0.2, 0.25) is 0 Å². The van der Waals surface area contributed by atoms with Crippen LogP contribution in [0.15, 0.2) is 0 Å². The van der Waals surface area contributed by atoms with Crippen LogP contribution in [0.25, 0.3) is 0 Å². The average molecular weight is 245 g/mol. The van der Waals surface area contributed by atoms with Crippen LogP contribution in [-0.2, 0) is 4.74 Å². The fraction of sp³-hybridized carbons (Fsp3) is 0.750. The molecule has 1 aliphatic carbocycles. The molecule has 5 heteroatoms. The van der Waals surface area contributed by atoms with Crippen molar-refractivity contribution in [2.75, 3.05) is 0 Å². The molecule has 96 valence electrons. The highest BCUT2D eigenvalue weighted by atomic mass is 19.3. The summed E-state index contributed by atoms with van der Waals surface area (Å²) in [5.74, 6) is 1.64. The monoisotopic (exact) mass is 245 g/mol. The van der Waals surface area contributed by atoms with Crippen molar-refractivity contribution in [3.63, 3.8) is 0 Å². The van der Waals surface area contributed by atoms with Crippen molar-refractivity contribution >= 4 is 6.09 Å². The van der Waals surface area contributed by atoms with Gasteiger partial charge in [0.1, 0.15) is 11.1 Å². The molecule has 0 aliphatic heterocycles. The summed E-state index contributed by atoms with van der Waals surface area (Å²) >= 11 is 0. The molecular weight excluding hydrogens is 228 g/mol. The number of rotatable bonds is 2. The molecule has 1 saturated carbocycles. The Morgan fingerprint density at radius 1 is 1.53 bits per heavy atom. The normalized spacial score (nSPS) is 28.2. The lowest BCUT2D eigenvalue weighted by molar-refractivity contribution is -0.0115. The Morgan fingerprint density at radius 3 is 2.41 bits per heavy atom. The van der Waals surface area contributed by atoms with Crippen molar-refractivity contribution in [1.82, 2.24) is 5.32 Å². The maximum atomic E-state index is 12.4. The predicted octanol–water partition coefficient (Wildman–Crippen LogP) is 2.56. The quantitative estimate of drug-likeness (QED) is 0.759. The number of halogens is 2. The van der Waals surface area contributed by atoms with Gasteiger partial charge in [0.2, 0.25) is 6.43 Å². The number of carbonyl (C=O) groups excluding carboxylic acids is 1. The highest BCUT2D eigenvalue weighted by Gasteiger charge is 2.48. The molecule has 1 rings (SSSR count). The van der Waals surface area contributed by atoms with Gasteiger partial charge < -0.3 is 10.1 Å². The number of ether oxygens (including phenoxy) is 1. The van der Waals surface area contributed by atoms with Gasteiger partial charge in [-0.25, -0.2) is 13.6 Å². The predicted molar refractivity (Wildman–Crippen MR) is 59.7 cm³/mol. The Balaban J connectivity index is 2.51. The first-order chi connectivity index (χ1) is 7.67. The van der Waals surface area contributed by atoms with Crippen LogP contribution < -0.4 is 5.32 Å². The molecule has 0 aromatic carbocycles. The van der Waals surface area contributed by atoms with Gasteiger partial charge in [-0.05, 0) is 33.6 Å². The molecule has 1 fully saturated rings. The van der Waals surface area contributed by atoms with Gasteiger partial charge in [-0.15, -0.1) is 6.42 Å². The van der Waals surface area contributed by atoms with Gasteiger partial charge in [0.05, 0.1) is 0 Å². The summed E-state index contributed by atoms with van der Waals surface area (Å²) < 4.78 is 29.7. The van der Waals surface area contributed by atoms with Crippen LogP contribution in [0, 0.1) is 18.3 Å². The van der Waals surface area contributed by atoms with Gasteiger partial charge in [0.25, 0.3) is 0 Å². The Kier molecular flexibility index (Phi) is 3.65. The van der Waals surface area contributed by atoms with Crippen molar-refractivity contribution < 1.29 is 18.3 Å². The Bertz CT molecular complexity index is 335. The minimum absolute atomic E-state index is 0.0976. The number of hydrogen-bond acceptors (Lipinski definition) is 2. The standard InChI is InChI=1S/C12H17F2NO2/c1-5-12(6-8(7-12)9(13)14)15-10(16)17-11(2,3)4/h1,8-9H,6-7H2,2-4H3,(H,15,16). The summed E-state index contributed by atoms with van der Waals surface area (Å²) in [6, 6.07) is 0. The first kappa shape index (κ1) is 13.8. The maximum Gasteiger partial charge on any atom is 0.408 e. The lowest BCUT2D eigenvalue weighted by Gasteiger charge is -2.43. The minimum Gasteiger partial charge on any atom is -0.444 e. The van der Waals surface area contributed by atoms with Crippen LogP contribution >= 0.6 is 0 Å². The first-order valence-electron chi connectivity index (χ1n) is 5.44. The van der Waals surface area contributed by atoms with Crippen molar-refractivity contribution in [2.24, 2.45) is 5.92 Å². The van der Waals surface area contributed by atoms with E-state index in [9.17, 15) is 13.6 Å². The van der Waals surface area contributed by atoms with Crippen LogP contribution in [0.3, 0.4) is 0 Å². The van der Waals surface area contributed by atoms with Gasteiger partial charge >= 0.3 is 6.09 Å². The Morgan fingerprint density at radius 2 is 2.06 bits per heavy atom. The summed E-state index contributed by atoms with van der Waals surface area (Å²) in [5, 5.41) is 2.49. The number of terminal acetylenes is 1. The van der Waals surface area contributed by atoms with Gasteiger partial charge in [-0.3, -0.25) is 0 Å². The number of nitrogens with one attached hydrogen (secondary N) is 1. The van der Waals surface area contributed by atoms with Crippen molar-refractivity contribution in [1.29, 1.82) is 0 Å². The van der Waals surface area contributed by atoms with E-state index in [1.165, 1.54) is 0 Å². The molecule has 0 radical (unpaired) electrons. The second kappa shape index (κ2) is 4.52. The van der Waals surface area contributed by atoms with E-state index in [1.54, 1.807) is 20.8 Å². The Labute approximate surface area is 99.9 Å². The molecule has 0 unspecified atom stereocenters. The fourth-order valence-electron chi connectivity index (χ4n) is 1.77. The molecule has 17 heavy (non-hydrogen) atoms. The molecule has 1 N–H and O–H groups in total. The van der Waals surface area contributed by atoms with E-state index in [0.29, 0.717) is 0 Å². The Hall–Kier alpha value is -1.31. The SMILES string of the molecule is C#CC1(NC(=O)OC(C)(C)C)CC(C(F)F)C1. The highest BCUT2D eigenvalue weighted by molar-refractivity contribution is 5.70. The van der Waals surface area contributed by atoms with E-state index in [0.717, 1.165) is 0 Å². The van der Waals surface area contributed by atoms with E-state index in [4.69, 9.17) is 11.2 Å². The summed E-state index contributed by atoms with van der Waals surface area (Å²) in [6.45, 7) is 5.16. The summed E-state index contributed by atoms with van der Waals surface area (Å²) in [6.07, 6.45) is 2.42. The van der Waals surface area contributed by atoms with Gasteiger partial charge in [-0.2, -0.15) is 0 Å². The molecule has 0 aromatic heterocycles. The van der Waals surface area contributed by atoms with Gasteiger partial charge in [0, 0.05) is 5.92 Å². The summed E-state index contributed by atoms with van der Waals surface area (Å²) in [4.78, 5) is 11.5. The number of alkyl carbamates (subject to hydrolysis) is 1. The largest absolute Gasteiger partial charge is 0.444 e. The smallest absolute Gasteiger partial charge is 0.408 e. The van der Waals surface area contributed by atoms with E-state index in [1.807, 2.05) is 0 Å². The third kappa shape index (κ3) is 3.58. The molecule has 0 saturated heterocycles. The lowest BCUT2D eigenvalue weighted by Crippen LogP contribution is -2.58. The second-order valence-corrected chi connectivity index (χ2v) is 5.36. The maximum absolute atomic E-state index is 12.4. The number of hydrogen-bond donors (Lipinski definition) is 1. The van der Waals surface area contributed by atoms with Crippen LogP contribution in [0.4, 0.5) is 13.6 Å². The molecule has 0 spiro atoms. The zero-order chi connectivity index (χ0) is 13.3. The fourth-order valence-corrected chi connectivity index (χ4v) is 1.77. The molecule has 0 atom stereocenters. The number of carbonyl (C=O) groups is 1. The van der Waals surface area contributed by atoms with E-state index in [2.05, 4.69) is 11.2 Å². The number of amides is 1. The highest BCUT2D eigenvalue weighted by Crippen LogP contribution is 2.41. The van der Waals surface area contributed by atoms with E-state index in [-0.39, 0.29) is 12.8 Å². The minimum atomic E-state index is -2.39. The van der Waals surface area contributed by atoms with Crippen molar-refractivity contribution in [3.8, 4) is 12.3 Å². The molecule has 1 amide bonds. The van der Waals surface area contributed by atoms with E-state index < -0.39 is 29.6 Å². The third-order valence-electron chi connectivity index (χ3n) is 2.59. The second-order valence-electron chi connectivity index (χ2n) is 5.36. The zero-order valence-electron chi connectivity index (χ0n) is 10.2. The summed E-state index contributed by atoms with van der Waals surface area (Å²) in [5.41, 5.74) is -1.60. The summed E-state index contributed by atoms with van der Waals surface area (Å²) in [7, 11) is 0. The zero-order valence-corrected chi connectivity index (χ0v) is 10.2. The molecular formula is C12H17F2NO2. The van der Waals surface area contributed by atoms with E-state index >= 15 is 0 Å². The molecule has 1 aliphatic rings. The molecule has 3 nitrogen and oxygen atoms in total. The first-order valence-corrected chi connectivity index (χ1v) is 5.44. The van der Waals surface area contributed by atoms with Crippen molar-refractivity contribution in [2.45, 2.75) is 51.2 Å². The van der Waals surface area contributed by atoms with Crippen LogP contribution in [0.5, 0.6) is 0 Å².